The van der Waals surface area contributed by atoms with Gasteiger partial charge in [-0.25, -0.2) is 8.78 Å². The third kappa shape index (κ3) is 4.71. The van der Waals surface area contributed by atoms with Gasteiger partial charge in [0.05, 0.1) is 4.92 Å². The van der Waals surface area contributed by atoms with E-state index in [0.717, 1.165) is 31.8 Å². The van der Waals surface area contributed by atoms with Crippen molar-refractivity contribution in [3.05, 3.63) is 56.4 Å². The first kappa shape index (κ1) is 21.0. The lowest BCUT2D eigenvalue weighted by molar-refractivity contribution is -0.385. The molecule has 0 saturated heterocycles. The van der Waals surface area contributed by atoms with Gasteiger partial charge in [0.2, 0.25) is 18.9 Å². The van der Waals surface area contributed by atoms with Crippen LogP contribution in [0.1, 0.15) is 5.56 Å². The van der Waals surface area contributed by atoms with Crippen LogP contribution in [-0.4, -0.2) is 22.8 Å². The van der Waals surface area contributed by atoms with E-state index >= 15 is 0 Å². The summed E-state index contributed by atoms with van der Waals surface area (Å²) in [7, 11) is -3.66. The zero-order valence-corrected chi connectivity index (χ0v) is 15.5. The molecule has 0 amide bonds. The van der Waals surface area contributed by atoms with Crippen molar-refractivity contribution in [2.24, 2.45) is 0 Å². The second-order valence-corrected chi connectivity index (χ2v) is 8.26. The summed E-state index contributed by atoms with van der Waals surface area (Å²) in [6.45, 7) is 1.96. The molecule has 0 aliphatic carbocycles. The number of hydrogen-bond donors (Lipinski definition) is 1. The summed E-state index contributed by atoms with van der Waals surface area (Å²) in [5.74, 6) is -6.00. The zero-order chi connectivity index (χ0) is 20.5. The van der Waals surface area contributed by atoms with Crippen molar-refractivity contribution >= 4 is 24.7 Å². The highest BCUT2D eigenvalue weighted by Gasteiger charge is 2.25. The molecule has 0 radical (unpaired) electrons. The van der Waals surface area contributed by atoms with Crippen molar-refractivity contribution < 1.29 is 37.0 Å². The Morgan fingerprint density at radius 1 is 1.26 bits per heavy atom. The van der Waals surface area contributed by atoms with Crippen LogP contribution in [0.4, 0.5) is 18.9 Å². The van der Waals surface area contributed by atoms with Gasteiger partial charge < -0.3 is 14.4 Å². The Bertz CT molecular complexity index is 936. The first-order chi connectivity index (χ1) is 12.4. The number of nitro groups is 1. The lowest BCUT2D eigenvalue weighted by atomic mass is 10.2. The van der Waals surface area contributed by atoms with Gasteiger partial charge in [-0.2, -0.15) is 4.39 Å². The molecule has 1 atom stereocenters. The molecule has 0 spiro atoms. The summed E-state index contributed by atoms with van der Waals surface area (Å²) in [6, 6.07) is 2.83. The van der Waals surface area contributed by atoms with Crippen molar-refractivity contribution in [1.82, 2.24) is 0 Å². The molecule has 27 heavy (non-hydrogen) atoms. The Hall–Kier alpha value is -2.29. The lowest BCUT2D eigenvalue weighted by Crippen LogP contribution is -2.02. The van der Waals surface area contributed by atoms with Gasteiger partial charge in [-0.15, -0.1) is 0 Å². The standard InChI is InChI=1S/C15H12ClF3NO6P/c1-7-12(17)11(16)15(14(19)13(7)18)26-8-3-4-9(20(21)22)10(5-8)25-6-27(2,23)24/h3-5H,6H2,1-2H3,(H,23,24). The van der Waals surface area contributed by atoms with Crippen LogP contribution in [0.15, 0.2) is 18.2 Å². The topological polar surface area (TPSA) is 98.9 Å². The smallest absolute Gasteiger partial charge is 0.311 e. The van der Waals surface area contributed by atoms with Crippen molar-refractivity contribution in [2.45, 2.75) is 6.92 Å². The van der Waals surface area contributed by atoms with Gasteiger partial charge in [-0.1, -0.05) is 11.6 Å². The fraction of sp³-hybridized carbons (Fsp3) is 0.200. The normalized spacial score (nSPS) is 13.1. The SMILES string of the molecule is Cc1c(F)c(F)c(Oc2ccc([N+](=O)[O-])c(OCP(C)(=O)O)c2)c(Cl)c1F. The van der Waals surface area contributed by atoms with Gasteiger partial charge >= 0.3 is 5.69 Å². The molecule has 1 unspecified atom stereocenters. The fourth-order valence-corrected chi connectivity index (χ4v) is 2.58. The summed E-state index contributed by atoms with van der Waals surface area (Å²) in [4.78, 5) is 19.5. The number of hydrogen-bond acceptors (Lipinski definition) is 5. The lowest BCUT2D eigenvalue weighted by Gasteiger charge is -2.13. The summed E-state index contributed by atoms with van der Waals surface area (Å²) < 4.78 is 62.9. The van der Waals surface area contributed by atoms with Crippen molar-refractivity contribution in [2.75, 3.05) is 13.0 Å². The minimum atomic E-state index is -3.66. The first-order valence-corrected chi connectivity index (χ1v) is 9.80. The Morgan fingerprint density at radius 2 is 1.89 bits per heavy atom. The monoisotopic (exact) mass is 425 g/mol. The molecule has 0 aliphatic rings. The molecular weight excluding hydrogens is 414 g/mol. The van der Waals surface area contributed by atoms with Gasteiger partial charge in [-0.3, -0.25) is 14.7 Å². The highest BCUT2D eigenvalue weighted by Crippen LogP contribution is 2.41. The predicted octanol–water partition coefficient (Wildman–Crippen LogP) is 5.00. The Morgan fingerprint density at radius 3 is 2.44 bits per heavy atom. The van der Waals surface area contributed by atoms with E-state index in [1.807, 2.05) is 0 Å². The van der Waals surface area contributed by atoms with Crippen LogP contribution in [0.2, 0.25) is 5.02 Å². The highest BCUT2D eigenvalue weighted by molar-refractivity contribution is 7.56. The Balaban J connectivity index is 2.46. The second-order valence-electron chi connectivity index (χ2n) is 5.52. The van der Waals surface area contributed by atoms with Gasteiger partial charge in [-0.05, 0) is 13.0 Å². The fourth-order valence-electron chi connectivity index (χ4n) is 1.94. The van der Waals surface area contributed by atoms with E-state index in [9.17, 15) is 32.7 Å². The number of halogens is 4. The quantitative estimate of drug-likeness (QED) is 0.302. The molecule has 2 aromatic rings. The predicted molar refractivity (Wildman–Crippen MR) is 90.5 cm³/mol. The average molecular weight is 426 g/mol. The molecule has 2 aromatic carbocycles. The summed E-state index contributed by atoms with van der Waals surface area (Å²) >= 11 is 5.65. The Kier molecular flexibility index (Phi) is 6.04. The maximum absolute atomic E-state index is 14.0. The molecule has 0 bridgehead atoms. The number of nitrogens with zero attached hydrogens (tertiary/aromatic N) is 1. The van der Waals surface area contributed by atoms with E-state index in [-0.39, 0.29) is 5.75 Å². The van der Waals surface area contributed by atoms with Gasteiger partial charge in [0.25, 0.3) is 0 Å². The zero-order valence-electron chi connectivity index (χ0n) is 13.8. The molecule has 0 saturated carbocycles. The third-order valence-electron chi connectivity index (χ3n) is 3.25. The van der Waals surface area contributed by atoms with Crippen LogP contribution in [0, 0.1) is 34.5 Å². The minimum absolute atomic E-state index is 0.303. The average Bonchev–Trinajstić information content (AvgIpc) is 2.59. The van der Waals surface area contributed by atoms with Crippen LogP contribution in [0.3, 0.4) is 0 Å². The van der Waals surface area contributed by atoms with Crippen molar-refractivity contribution in [3.8, 4) is 17.2 Å². The number of nitro benzene ring substituents is 1. The summed E-state index contributed by atoms with van der Waals surface area (Å²) in [5.41, 5.74) is -1.21. The van der Waals surface area contributed by atoms with Crippen molar-refractivity contribution in [3.63, 3.8) is 0 Å². The first-order valence-electron chi connectivity index (χ1n) is 7.13. The van der Waals surface area contributed by atoms with Crippen LogP contribution in [0.5, 0.6) is 17.2 Å². The van der Waals surface area contributed by atoms with Crippen LogP contribution >= 0.6 is 19.0 Å². The molecule has 0 heterocycles. The number of benzene rings is 2. The van der Waals surface area contributed by atoms with E-state index in [1.54, 1.807) is 0 Å². The maximum Gasteiger partial charge on any atom is 0.311 e. The molecule has 7 nitrogen and oxygen atoms in total. The van der Waals surface area contributed by atoms with E-state index < -0.39 is 63.9 Å². The van der Waals surface area contributed by atoms with E-state index in [2.05, 4.69) is 0 Å². The molecule has 12 heteroatoms. The number of ether oxygens (including phenoxy) is 2. The highest BCUT2D eigenvalue weighted by atomic mass is 35.5. The molecular formula is C15H12ClF3NO6P. The van der Waals surface area contributed by atoms with Crippen LogP contribution in [-0.2, 0) is 4.57 Å². The molecule has 2 rings (SSSR count). The van der Waals surface area contributed by atoms with Gasteiger partial charge in [0.1, 0.15) is 10.8 Å². The number of rotatable bonds is 6. The summed E-state index contributed by atoms with van der Waals surface area (Å²) in [6.07, 6.45) is -0.736. The van der Waals surface area contributed by atoms with Gasteiger partial charge in [0, 0.05) is 24.4 Å². The molecule has 0 fully saturated rings. The molecule has 1 N–H and O–H groups in total. The molecule has 0 aliphatic heterocycles. The minimum Gasteiger partial charge on any atom is -0.476 e. The van der Waals surface area contributed by atoms with E-state index in [0.29, 0.717) is 0 Å². The largest absolute Gasteiger partial charge is 0.476 e. The van der Waals surface area contributed by atoms with Crippen LogP contribution < -0.4 is 9.47 Å². The molecule has 146 valence electrons. The van der Waals surface area contributed by atoms with E-state index in [4.69, 9.17) is 21.1 Å². The second kappa shape index (κ2) is 7.75. The third-order valence-corrected chi connectivity index (χ3v) is 4.20. The van der Waals surface area contributed by atoms with Gasteiger partial charge in [0.15, 0.2) is 23.7 Å². The van der Waals surface area contributed by atoms with E-state index in [1.165, 1.54) is 0 Å². The maximum atomic E-state index is 14.0. The summed E-state index contributed by atoms with van der Waals surface area (Å²) in [5, 5.41) is 10.2. The Labute approximate surface area is 155 Å². The van der Waals surface area contributed by atoms with Crippen LogP contribution in [0.25, 0.3) is 0 Å². The molecule has 0 aromatic heterocycles. The van der Waals surface area contributed by atoms with Crippen molar-refractivity contribution in [1.29, 1.82) is 0 Å².